The lowest BCUT2D eigenvalue weighted by Gasteiger charge is -2.10. The third-order valence-electron chi connectivity index (χ3n) is 4.56. The average Bonchev–Trinajstić information content (AvgIpc) is 3.09. The molecule has 1 aromatic heterocycles. The second-order valence-electron chi connectivity index (χ2n) is 6.63. The van der Waals surface area contributed by atoms with Crippen LogP contribution in [0.3, 0.4) is 0 Å². The van der Waals surface area contributed by atoms with E-state index in [0.29, 0.717) is 10.7 Å². The molecule has 0 saturated heterocycles. The van der Waals surface area contributed by atoms with Gasteiger partial charge < -0.3 is 15.6 Å². The topological polar surface area (TPSA) is 56.9 Å². The van der Waals surface area contributed by atoms with Crippen LogP contribution in [0.5, 0.6) is 0 Å². The summed E-state index contributed by atoms with van der Waals surface area (Å²) in [5.41, 5.74) is 2.70. The first-order chi connectivity index (χ1) is 14.3. The number of rotatable bonds is 3. The van der Waals surface area contributed by atoms with Crippen molar-refractivity contribution in [3.05, 3.63) is 83.5 Å². The van der Waals surface area contributed by atoms with E-state index in [2.05, 4.69) is 15.6 Å². The van der Waals surface area contributed by atoms with E-state index in [9.17, 15) is 18.0 Å². The first-order valence-corrected chi connectivity index (χ1v) is 9.30. The minimum Gasteiger partial charge on any atom is -0.359 e. The Morgan fingerprint density at radius 3 is 2.33 bits per heavy atom. The Hall–Kier alpha value is -3.45. The van der Waals surface area contributed by atoms with Crippen LogP contribution in [0.15, 0.2) is 72.9 Å². The fourth-order valence-electron chi connectivity index (χ4n) is 3.10. The highest BCUT2D eigenvalue weighted by molar-refractivity contribution is 6.30. The lowest BCUT2D eigenvalue weighted by Crippen LogP contribution is -2.19. The van der Waals surface area contributed by atoms with Crippen LogP contribution in [0.1, 0.15) is 5.56 Å². The van der Waals surface area contributed by atoms with Crippen molar-refractivity contribution >= 4 is 39.9 Å². The maximum Gasteiger partial charge on any atom is 0.416 e. The van der Waals surface area contributed by atoms with Crippen molar-refractivity contribution in [2.75, 3.05) is 10.6 Å². The number of carbonyl (C=O) groups is 1. The molecular formula is C22H15ClF3N3O. The number of halogens is 4. The number of carbonyl (C=O) groups excluding carboxylic acids is 1. The van der Waals surface area contributed by atoms with Crippen LogP contribution >= 0.6 is 11.6 Å². The minimum absolute atomic E-state index is 0.250. The summed E-state index contributed by atoms with van der Waals surface area (Å²) in [7, 11) is 0. The summed E-state index contributed by atoms with van der Waals surface area (Å²) < 4.78 is 37.9. The molecular weight excluding hydrogens is 415 g/mol. The highest BCUT2D eigenvalue weighted by atomic mass is 35.5. The van der Waals surface area contributed by atoms with E-state index in [0.717, 1.165) is 34.2 Å². The van der Waals surface area contributed by atoms with Gasteiger partial charge in [-0.25, -0.2) is 4.79 Å². The van der Waals surface area contributed by atoms with Gasteiger partial charge in [-0.3, -0.25) is 0 Å². The molecule has 0 aliphatic heterocycles. The predicted molar refractivity (Wildman–Crippen MR) is 113 cm³/mol. The summed E-state index contributed by atoms with van der Waals surface area (Å²) in [4.78, 5) is 15.4. The maximum atomic E-state index is 12.6. The second kappa shape index (κ2) is 7.76. The van der Waals surface area contributed by atoms with Gasteiger partial charge in [-0.1, -0.05) is 29.8 Å². The number of aromatic nitrogens is 1. The number of alkyl halides is 3. The summed E-state index contributed by atoms with van der Waals surface area (Å²) in [5.74, 6) is 0. The molecule has 0 fully saturated rings. The molecule has 0 spiro atoms. The van der Waals surface area contributed by atoms with Gasteiger partial charge in [0.1, 0.15) is 0 Å². The number of hydrogen-bond acceptors (Lipinski definition) is 1. The molecule has 1 heterocycles. The first kappa shape index (κ1) is 19.8. The van der Waals surface area contributed by atoms with Crippen LogP contribution in [-0.2, 0) is 6.18 Å². The lowest BCUT2D eigenvalue weighted by molar-refractivity contribution is -0.137. The van der Waals surface area contributed by atoms with E-state index in [4.69, 9.17) is 11.6 Å². The van der Waals surface area contributed by atoms with Crippen molar-refractivity contribution in [1.82, 2.24) is 4.98 Å². The number of aromatic amines is 1. The van der Waals surface area contributed by atoms with E-state index in [1.165, 1.54) is 12.1 Å². The van der Waals surface area contributed by atoms with Crippen molar-refractivity contribution in [2.45, 2.75) is 6.18 Å². The third kappa shape index (κ3) is 4.26. The molecule has 2 amide bonds. The van der Waals surface area contributed by atoms with Gasteiger partial charge in [-0.2, -0.15) is 13.2 Å². The zero-order valence-corrected chi connectivity index (χ0v) is 16.1. The first-order valence-electron chi connectivity index (χ1n) is 8.92. The number of benzene rings is 3. The summed E-state index contributed by atoms with van der Waals surface area (Å²) in [6.45, 7) is 0. The zero-order chi connectivity index (χ0) is 21.3. The molecule has 4 rings (SSSR count). The van der Waals surface area contributed by atoms with Gasteiger partial charge in [-0.05, 0) is 59.7 Å². The summed E-state index contributed by atoms with van der Waals surface area (Å²) in [6.07, 6.45) is -2.77. The number of amides is 2. The fourth-order valence-corrected chi connectivity index (χ4v) is 3.29. The Kier molecular flexibility index (Phi) is 5.13. The molecule has 4 nitrogen and oxygen atoms in total. The van der Waals surface area contributed by atoms with Crippen LogP contribution < -0.4 is 10.6 Å². The number of urea groups is 1. The molecule has 152 valence electrons. The van der Waals surface area contributed by atoms with Gasteiger partial charge in [0.25, 0.3) is 0 Å². The smallest absolute Gasteiger partial charge is 0.359 e. The van der Waals surface area contributed by atoms with Gasteiger partial charge in [0, 0.05) is 27.8 Å². The highest BCUT2D eigenvalue weighted by Crippen LogP contribution is 2.31. The predicted octanol–water partition coefficient (Wildman–Crippen LogP) is 7.15. The van der Waals surface area contributed by atoms with Crippen molar-refractivity contribution in [1.29, 1.82) is 0 Å². The monoisotopic (exact) mass is 429 g/mol. The standard InChI is InChI=1S/C22H15ClF3N3O/c23-16-3-1-2-13(10-16)14-4-9-19-18(11-14)20(12-27-19)29-21(30)28-17-7-5-15(6-8-17)22(24,25)26/h1-12,27H,(H2,28,29,30). The van der Waals surface area contributed by atoms with E-state index < -0.39 is 17.8 Å². The van der Waals surface area contributed by atoms with Crippen LogP contribution in [0.25, 0.3) is 22.0 Å². The third-order valence-corrected chi connectivity index (χ3v) is 4.79. The Bertz CT molecular complexity index is 1220. The van der Waals surface area contributed by atoms with Gasteiger partial charge in [0.05, 0.1) is 11.3 Å². The molecule has 0 aliphatic rings. The molecule has 30 heavy (non-hydrogen) atoms. The van der Waals surface area contributed by atoms with E-state index in [1.807, 2.05) is 36.4 Å². The molecule has 3 N–H and O–H groups in total. The minimum atomic E-state index is -4.43. The Morgan fingerprint density at radius 2 is 1.63 bits per heavy atom. The number of fused-ring (bicyclic) bond motifs is 1. The van der Waals surface area contributed by atoms with Crippen LogP contribution in [0, 0.1) is 0 Å². The number of hydrogen-bond donors (Lipinski definition) is 3. The molecule has 0 atom stereocenters. The zero-order valence-electron chi connectivity index (χ0n) is 15.3. The molecule has 0 radical (unpaired) electrons. The normalized spacial score (nSPS) is 11.5. The molecule has 0 aliphatic carbocycles. The van der Waals surface area contributed by atoms with Crippen molar-refractivity contribution in [2.24, 2.45) is 0 Å². The van der Waals surface area contributed by atoms with Gasteiger partial charge in [0.15, 0.2) is 0 Å². The van der Waals surface area contributed by atoms with E-state index >= 15 is 0 Å². The molecule has 0 bridgehead atoms. The van der Waals surface area contributed by atoms with Gasteiger partial charge >= 0.3 is 12.2 Å². The van der Waals surface area contributed by atoms with Crippen molar-refractivity contribution in [3.8, 4) is 11.1 Å². The Labute approximate surface area is 174 Å². The molecule has 3 aromatic carbocycles. The Balaban J connectivity index is 1.53. The van der Waals surface area contributed by atoms with Gasteiger partial charge in [0.2, 0.25) is 0 Å². The SMILES string of the molecule is O=C(Nc1ccc(C(F)(F)F)cc1)Nc1c[nH]c2ccc(-c3cccc(Cl)c3)cc12. The van der Waals surface area contributed by atoms with Crippen molar-refractivity contribution in [3.63, 3.8) is 0 Å². The molecule has 0 unspecified atom stereocenters. The van der Waals surface area contributed by atoms with Gasteiger partial charge in [-0.15, -0.1) is 0 Å². The number of anilines is 2. The highest BCUT2D eigenvalue weighted by Gasteiger charge is 2.30. The average molecular weight is 430 g/mol. The van der Waals surface area contributed by atoms with Crippen LogP contribution in [0.2, 0.25) is 5.02 Å². The lowest BCUT2D eigenvalue weighted by atomic mass is 10.0. The maximum absolute atomic E-state index is 12.6. The largest absolute Gasteiger partial charge is 0.416 e. The number of nitrogens with one attached hydrogen (secondary N) is 3. The van der Waals surface area contributed by atoms with E-state index in [1.54, 1.807) is 12.3 Å². The molecule has 8 heteroatoms. The molecule has 4 aromatic rings. The molecule has 0 saturated carbocycles. The Morgan fingerprint density at radius 1 is 0.900 bits per heavy atom. The summed E-state index contributed by atoms with van der Waals surface area (Å²) in [6, 6.07) is 16.9. The van der Waals surface area contributed by atoms with Crippen LogP contribution in [0.4, 0.5) is 29.3 Å². The van der Waals surface area contributed by atoms with Crippen molar-refractivity contribution < 1.29 is 18.0 Å². The van der Waals surface area contributed by atoms with Crippen LogP contribution in [-0.4, -0.2) is 11.0 Å². The number of H-pyrrole nitrogens is 1. The second-order valence-corrected chi connectivity index (χ2v) is 7.06. The van der Waals surface area contributed by atoms with E-state index in [-0.39, 0.29) is 5.69 Å². The summed E-state index contributed by atoms with van der Waals surface area (Å²) >= 11 is 6.07. The fraction of sp³-hybridized carbons (Fsp3) is 0.0455. The summed E-state index contributed by atoms with van der Waals surface area (Å²) in [5, 5.41) is 6.66. The quantitative estimate of drug-likeness (QED) is 0.318.